The van der Waals surface area contributed by atoms with E-state index in [0.29, 0.717) is 6.54 Å². The van der Waals surface area contributed by atoms with E-state index in [0.717, 1.165) is 42.7 Å². The monoisotopic (exact) mass is 448 g/mol. The van der Waals surface area contributed by atoms with Crippen molar-refractivity contribution in [3.63, 3.8) is 0 Å². The van der Waals surface area contributed by atoms with Gasteiger partial charge in [-0.1, -0.05) is 30.3 Å². The van der Waals surface area contributed by atoms with E-state index in [1.807, 2.05) is 23.4 Å². The highest BCUT2D eigenvalue weighted by atomic mass is 32.2. The number of nitrogens with one attached hydrogen (secondary N) is 2. The summed E-state index contributed by atoms with van der Waals surface area (Å²) in [5, 5.41) is 11.5. The van der Waals surface area contributed by atoms with E-state index in [1.54, 1.807) is 7.05 Å². The molecule has 1 aliphatic rings. The topological polar surface area (TPSA) is 57.5 Å². The van der Waals surface area contributed by atoms with Crippen LogP contribution >= 0.6 is 11.8 Å². The first-order valence-corrected chi connectivity index (χ1v) is 12.3. The number of para-hydroxylation sites is 1. The van der Waals surface area contributed by atoms with Crippen LogP contribution in [0.3, 0.4) is 0 Å². The highest BCUT2D eigenvalue weighted by molar-refractivity contribution is 7.99. The van der Waals surface area contributed by atoms with Gasteiger partial charge in [0.25, 0.3) is 0 Å². The summed E-state index contributed by atoms with van der Waals surface area (Å²) in [4.78, 5) is 6.86. The van der Waals surface area contributed by atoms with Crippen molar-refractivity contribution in [2.45, 2.75) is 26.9 Å². The van der Waals surface area contributed by atoms with Crippen LogP contribution in [0.1, 0.15) is 22.5 Å². The Hall–Kier alpha value is -2.93. The summed E-state index contributed by atoms with van der Waals surface area (Å²) in [6.45, 7) is 7.78. The average molecular weight is 449 g/mol. The van der Waals surface area contributed by atoms with Crippen LogP contribution < -0.4 is 15.5 Å². The SMILES string of the molecule is CN=C(NCc1ccc(N2CCSCC2)cc1)NCc1ccccc1-n1nc(C)cc1C. The van der Waals surface area contributed by atoms with Crippen LogP contribution in [0.25, 0.3) is 5.69 Å². The molecule has 0 amide bonds. The molecule has 32 heavy (non-hydrogen) atoms. The molecule has 0 saturated carbocycles. The Morgan fingerprint density at radius 1 is 1.00 bits per heavy atom. The van der Waals surface area contributed by atoms with Crippen molar-refractivity contribution in [3.05, 3.63) is 77.1 Å². The molecule has 1 fully saturated rings. The molecule has 1 aromatic heterocycles. The zero-order chi connectivity index (χ0) is 22.3. The predicted molar refractivity (Wildman–Crippen MR) is 136 cm³/mol. The molecular weight excluding hydrogens is 416 g/mol. The maximum absolute atomic E-state index is 4.64. The summed E-state index contributed by atoms with van der Waals surface area (Å²) in [6.07, 6.45) is 0. The number of thioether (sulfide) groups is 1. The van der Waals surface area contributed by atoms with Gasteiger partial charge in [-0.15, -0.1) is 0 Å². The van der Waals surface area contributed by atoms with Crippen molar-refractivity contribution in [1.82, 2.24) is 20.4 Å². The molecule has 7 heteroatoms. The van der Waals surface area contributed by atoms with Gasteiger partial charge >= 0.3 is 0 Å². The van der Waals surface area contributed by atoms with E-state index >= 15 is 0 Å². The quantitative estimate of drug-likeness (QED) is 0.442. The summed E-state index contributed by atoms with van der Waals surface area (Å²) in [7, 11) is 1.81. The van der Waals surface area contributed by atoms with Crippen molar-refractivity contribution in [1.29, 1.82) is 0 Å². The van der Waals surface area contributed by atoms with Crippen LogP contribution in [0.2, 0.25) is 0 Å². The summed E-state index contributed by atoms with van der Waals surface area (Å²) in [5.41, 5.74) is 6.97. The zero-order valence-electron chi connectivity index (χ0n) is 19.1. The number of guanidine groups is 1. The number of aliphatic imine (C=N–C) groups is 1. The highest BCUT2D eigenvalue weighted by Crippen LogP contribution is 2.20. The van der Waals surface area contributed by atoms with E-state index < -0.39 is 0 Å². The summed E-state index contributed by atoms with van der Waals surface area (Å²) < 4.78 is 2.01. The second-order valence-corrected chi connectivity index (χ2v) is 9.24. The lowest BCUT2D eigenvalue weighted by Crippen LogP contribution is -2.36. The van der Waals surface area contributed by atoms with Crippen molar-refractivity contribution in [2.75, 3.05) is 36.5 Å². The molecule has 168 valence electrons. The maximum atomic E-state index is 4.64. The molecule has 0 spiro atoms. The summed E-state index contributed by atoms with van der Waals surface area (Å²) in [5.74, 6) is 3.22. The fourth-order valence-electron chi connectivity index (χ4n) is 3.97. The molecule has 0 unspecified atom stereocenters. The van der Waals surface area contributed by atoms with Gasteiger partial charge in [-0.05, 0) is 49.2 Å². The third-order valence-corrected chi connectivity index (χ3v) is 6.61. The van der Waals surface area contributed by atoms with Gasteiger partial charge in [0, 0.05) is 56.1 Å². The average Bonchev–Trinajstić information content (AvgIpc) is 3.18. The fraction of sp³-hybridized carbons (Fsp3) is 0.360. The standard InChI is InChI=1S/C25H32N6S/c1-19-16-20(2)31(29-19)24-7-5-4-6-22(24)18-28-25(26-3)27-17-21-8-10-23(11-9-21)30-12-14-32-15-13-30/h4-11,16H,12-15,17-18H2,1-3H3,(H2,26,27,28). The van der Waals surface area contributed by atoms with E-state index in [-0.39, 0.29) is 0 Å². The van der Waals surface area contributed by atoms with Crippen LogP contribution in [0.15, 0.2) is 59.6 Å². The smallest absolute Gasteiger partial charge is 0.191 e. The predicted octanol–water partition coefficient (Wildman–Crippen LogP) is 3.91. The molecule has 1 aliphatic heterocycles. The second-order valence-electron chi connectivity index (χ2n) is 8.01. The molecule has 0 aliphatic carbocycles. The maximum Gasteiger partial charge on any atom is 0.191 e. The lowest BCUT2D eigenvalue weighted by atomic mass is 10.1. The minimum Gasteiger partial charge on any atom is -0.370 e. The number of nitrogens with zero attached hydrogens (tertiary/aromatic N) is 4. The van der Waals surface area contributed by atoms with E-state index in [1.165, 1.54) is 28.3 Å². The van der Waals surface area contributed by atoms with Crippen LogP contribution in [0, 0.1) is 13.8 Å². The minimum atomic E-state index is 0.667. The Balaban J connectivity index is 1.35. The van der Waals surface area contributed by atoms with E-state index in [2.05, 4.69) is 87.1 Å². The normalized spacial score (nSPS) is 14.5. The molecule has 6 nitrogen and oxygen atoms in total. The van der Waals surface area contributed by atoms with Crippen LogP contribution in [-0.4, -0.2) is 47.4 Å². The molecule has 0 bridgehead atoms. The van der Waals surface area contributed by atoms with Crippen LogP contribution in [-0.2, 0) is 13.1 Å². The van der Waals surface area contributed by atoms with Gasteiger partial charge in [0.05, 0.1) is 11.4 Å². The zero-order valence-corrected chi connectivity index (χ0v) is 20.0. The molecule has 4 rings (SSSR count). The van der Waals surface area contributed by atoms with Crippen molar-refractivity contribution < 1.29 is 0 Å². The Morgan fingerprint density at radius 2 is 1.72 bits per heavy atom. The van der Waals surface area contributed by atoms with Gasteiger partial charge in [-0.3, -0.25) is 4.99 Å². The Kier molecular flexibility index (Phi) is 7.37. The van der Waals surface area contributed by atoms with Gasteiger partial charge in [-0.25, -0.2) is 4.68 Å². The van der Waals surface area contributed by atoms with Gasteiger partial charge in [0.15, 0.2) is 5.96 Å². The number of rotatable bonds is 6. The molecule has 2 aromatic carbocycles. The van der Waals surface area contributed by atoms with E-state index in [9.17, 15) is 0 Å². The first-order valence-electron chi connectivity index (χ1n) is 11.1. The molecule has 2 N–H and O–H groups in total. The Labute approximate surface area is 195 Å². The summed E-state index contributed by atoms with van der Waals surface area (Å²) in [6, 6.07) is 19.3. The van der Waals surface area contributed by atoms with Gasteiger partial charge < -0.3 is 15.5 Å². The molecule has 3 aromatic rings. The van der Waals surface area contributed by atoms with Crippen molar-refractivity contribution >= 4 is 23.4 Å². The van der Waals surface area contributed by atoms with Crippen molar-refractivity contribution in [2.24, 2.45) is 4.99 Å². The van der Waals surface area contributed by atoms with Crippen LogP contribution in [0.5, 0.6) is 0 Å². The third-order valence-electron chi connectivity index (χ3n) is 5.67. The molecular formula is C25H32N6S. The van der Waals surface area contributed by atoms with Crippen molar-refractivity contribution in [3.8, 4) is 5.69 Å². The Morgan fingerprint density at radius 3 is 2.41 bits per heavy atom. The van der Waals surface area contributed by atoms with Gasteiger partial charge in [0.1, 0.15) is 0 Å². The number of anilines is 1. The van der Waals surface area contributed by atoms with Crippen LogP contribution in [0.4, 0.5) is 5.69 Å². The first-order chi connectivity index (χ1) is 15.6. The van der Waals surface area contributed by atoms with Gasteiger partial charge in [0.2, 0.25) is 0 Å². The molecule has 2 heterocycles. The fourth-order valence-corrected chi connectivity index (χ4v) is 4.87. The second kappa shape index (κ2) is 10.6. The number of hydrogen-bond donors (Lipinski definition) is 2. The minimum absolute atomic E-state index is 0.667. The first kappa shape index (κ1) is 22.3. The van der Waals surface area contributed by atoms with E-state index in [4.69, 9.17) is 0 Å². The number of aromatic nitrogens is 2. The molecule has 1 saturated heterocycles. The third kappa shape index (κ3) is 5.46. The summed E-state index contributed by atoms with van der Waals surface area (Å²) >= 11 is 2.04. The van der Waals surface area contributed by atoms with Gasteiger partial charge in [-0.2, -0.15) is 16.9 Å². The number of hydrogen-bond acceptors (Lipinski definition) is 4. The lowest BCUT2D eigenvalue weighted by molar-refractivity contribution is 0.781. The number of benzene rings is 2. The number of aryl methyl sites for hydroxylation is 2. The largest absolute Gasteiger partial charge is 0.370 e. The molecule has 0 atom stereocenters. The lowest BCUT2D eigenvalue weighted by Gasteiger charge is -2.28. The highest BCUT2D eigenvalue weighted by Gasteiger charge is 2.11. The molecule has 0 radical (unpaired) electrons. The Bertz CT molecular complexity index is 1050.